The van der Waals surface area contributed by atoms with Crippen molar-refractivity contribution in [2.45, 2.75) is 145 Å². The molecule has 0 aliphatic rings. The van der Waals surface area contributed by atoms with Crippen LogP contribution in [-0.4, -0.2) is 114 Å². The summed E-state index contributed by atoms with van der Waals surface area (Å²) in [4.78, 5) is 1.23. The predicted molar refractivity (Wildman–Crippen MR) is 167 cm³/mol. The quantitative estimate of drug-likeness (QED) is 0.183. The summed E-state index contributed by atoms with van der Waals surface area (Å²) >= 11 is 0. The van der Waals surface area contributed by atoms with Crippen molar-refractivity contribution in [2.75, 3.05) is 41.4 Å². The lowest BCUT2D eigenvalue weighted by atomic mass is 10.3. The summed E-state index contributed by atoms with van der Waals surface area (Å²) in [5.74, 6) is -24.1. The van der Waals surface area contributed by atoms with Crippen LogP contribution in [0.2, 0.25) is 0 Å². The minimum atomic E-state index is -6.60. The molecule has 0 unspecified atom stereocenters. The topological polar surface area (TPSA) is 36.9 Å². The van der Waals surface area contributed by atoms with E-state index in [0.29, 0.717) is 28.5 Å². The normalized spacial score (nSPS) is 12.3. The van der Waals surface area contributed by atoms with E-state index in [-0.39, 0.29) is 58.4 Å². The average molecular weight is 1060 g/mol. The molecule has 0 saturated heterocycles. The van der Waals surface area contributed by atoms with Gasteiger partial charge in [-0.05, 0) is 4.53 Å². The molecule has 0 amide bonds. The molecule has 0 atom stereocenters. The van der Waals surface area contributed by atoms with Gasteiger partial charge in [0, 0.05) is 20.8 Å². The molecular formula is C28H50F32O4. The van der Waals surface area contributed by atoms with Crippen molar-refractivity contribution in [1.82, 2.24) is 0 Å². The fourth-order valence-corrected chi connectivity index (χ4v) is 1.41. The third kappa shape index (κ3) is 50.6. The van der Waals surface area contributed by atoms with Crippen LogP contribution in [0.5, 0.6) is 0 Å². The van der Waals surface area contributed by atoms with Gasteiger partial charge in [0.2, 0.25) is 0 Å². The highest BCUT2D eigenvalue weighted by atomic mass is 19.4. The number of rotatable bonds is 12. The molecule has 0 aromatic heterocycles. The predicted octanol–water partition coefficient (Wildman–Crippen LogP) is 17.1. The molecule has 0 bridgehead atoms. The van der Waals surface area contributed by atoms with Crippen molar-refractivity contribution in [3.63, 3.8) is 0 Å². The van der Waals surface area contributed by atoms with Crippen LogP contribution in [0.25, 0.3) is 0 Å². The highest BCUT2D eigenvalue weighted by molar-refractivity contribution is 4.85. The number of alkyl halides is 31. The van der Waals surface area contributed by atoms with Crippen molar-refractivity contribution in [2.24, 2.45) is 0 Å². The smallest absolute Gasteiger partial charge is 0.314 e. The van der Waals surface area contributed by atoms with Crippen LogP contribution in [0, 0.1) is 0 Å². The Bertz CT molecular complexity index is 992. The molecule has 4 nitrogen and oxygen atoms in total. The zero-order chi connectivity index (χ0) is 49.7. The zero-order valence-electron chi connectivity index (χ0n) is 28.6. The van der Waals surface area contributed by atoms with E-state index >= 15 is 0 Å². The Morgan fingerprint density at radius 1 is 0.328 bits per heavy atom. The van der Waals surface area contributed by atoms with E-state index in [2.05, 4.69) is 14.2 Å². The zero-order valence-corrected chi connectivity index (χ0v) is 28.6. The van der Waals surface area contributed by atoms with Gasteiger partial charge in [0.1, 0.15) is 26.2 Å². The van der Waals surface area contributed by atoms with Crippen LogP contribution >= 0.6 is 0 Å². The molecule has 0 saturated carbocycles. The summed E-state index contributed by atoms with van der Waals surface area (Å²) in [5.41, 5.74) is 0. The SMILES string of the molecule is C.C.C.C.C.C.CC(F)(F)COC(F)(F)C(F)(F)C(F)(F)F.CC(F)(F)COC(F)(F)CC(F)(F)F.CC(F)(F)COC(F)(F)F.CF.CF.CF.FOC(F)(F)C(F)(F)C(F)(F)F. The van der Waals surface area contributed by atoms with Crippen molar-refractivity contribution < 1.29 is 160 Å². The molecule has 0 radical (unpaired) electrons. The Balaban J connectivity index is -0.0000000463. The van der Waals surface area contributed by atoms with E-state index in [4.69, 9.17) is 0 Å². The average Bonchev–Trinajstić information content (AvgIpc) is 2.98. The minimum Gasteiger partial charge on any atom is -0.314 e. The van der Waals surface area contributed by atoms with Crippen molar-refractivity contribution in [1.29, 1.82) is 0 Å². The van der Waals surface area contributed by atoms with Crippen molar-refractivity contribution >= 4 is 0 Å². The van der Waals surface area contributed by atoms with E-state index in [1.807, 2.05) is 0 Å². The summed E-state index contributed by atoms with van der Waals surface area (Å²) in [6.07, 6.45) is -42.7. The van der Waals surface area contributed by atoms with Crippen molar-refractivity contribution in [3.05, 3.63) is 0 Å². The maximum atomic E-state index is 12.2. The Labute approximate surface area is 346 Å². The first-order valence-corrected chi connectivity index (χ1v) is 12.5. The molecule has 0 N–H and O–H groups in total. The largest absolute Gasteiger partial charge is 0.522 e. The summed E-state index contributed by atoms with van der Waals surface area (Å²) in [6.45, 7) is -5.01. The summed E-state index contributed by atoms with van der Waals surface area (Å²) in [7, 11) is 1.50. The van der Waals surface area contributed by atoms with Gasteiger partial charge in [0.25, 0.3) is 17.8 Å². The van der Waals surface area contributed by atoms with Gasteiger partial charge in [-0.1, -0.05) is 44.6 Å². The Morgan fingerprint density at radius 3 is 0.703 bits per heavy atom. The fraction of sp³-hybridized carbons (Fsp3) is 1.00. The molecule has 0 aromatic rings. The van der Waals surface area contributed by atoms with Crippen LogP contribution in [0.15, 0.2) is 0 Å². The maximum absolute atomic E-state index is 12.2. The molecule has 0 fully saturated rings. The van der Waals surface area contributed by atoms with Gasteiger partial charge in [0.15, 0.2) is 0 Å². The minimum absolute atomic E-state index is 0. The number of hydrogen-bond acceptors (Lipinski definition) is 4. The van der Waals surface area contributed by atoms with Crippen LogP contribution in [0.4, 0.5) is 141 Å². The molecule has 0 aliphatic carbocycles. The van der Waals surface area contributed by atoms with Gasteiger partial charge in [-0.2, -0.15) is 83.4 Å². The van der Waals surface area contributed by atoms with Crippen LogP contribution in [-0.2, 0) is 19.2 Å². The van der Waals surface area contributed by atoms with E-state index in [1.54, 1.807) is 0 Å². The highest BCUT2D eigenvalue weighted by Crippen LogP contribution is 2.48. The Kier molecular flexibility index (Phi) is 53.5. The molecular weight excluding hydrogens is 1010 g/mol. The standard InChI is InChI=1S/C6H5F9O.C6H7F7O.C4H5F5O.C3F8O.3CH3F.6CH4/c1-3(7,8)2-16-6(14,15)4(9,10)5(11,12)13;1-4(7,8)3-14-6(12,13)2-5(9,10)11;1-3(5,6)2-10-4(7,8)9;4-1(5,2(6,7)8)3(9,10)12-11;3*1-2;;;;;;/h2H2,1H3;2-3H2,1H3;2H2,1H3;;3*1H3;6*1H4. The van der Waals surface area contributed by atoms with E-state index in [0.717, 1.165) is 0 Å². The van der Waals surface area contributed by atoms with Crippen LogP contribution < -0.4 is 0 Å². The first kappa shape index (κ1) is 95.8. The molecule has 36 heteroatoms. The monoisotopic (exact) mass is 1060 g/mol. The van der Waals surface area contributed by atoms with Gasteiger partial charge in [-0.15, -0.1) is 18.1 Å². The second-order valence-electron chi connectivity index (χ2n) is 9.21. The molecule has 0 aliphatic heterocycles. The maximum Gasteiger partial charge on any atom is 0.522 e. The second kappa shape index (κ2) is 35.7. The van der Waals surface area contributed by atoms with E-state index in [1.165, 1.54) is 4.94 Å². The van der Waals surface area contributed by atoms with Crippen molar-refractivity contribution in [3.8, 4) is 0 Å². The van der Waals surface area contributed by atoms with Gasteiger partial charge in [0.05, 0.1) is 21.5 Å². The lowest BCUT2D eigenvalue weighted by molar-refractivity contribution is -0.471. The Morgan fingerprint density at radius 2 is 0.547 bits per heavy atom. The van der Waals surface area contributed by atoms with E-state index in [9.17, 15) is 141 Å². The molecule has 0 spiro atoms. The second-order valence-corrected chi connectivity index (χ2v) is 9.21. The molecule has 410 valence electrons. The lowest BCUT2D eigenvalue weighted by Crippen LogP contribution is -2.54. The molecule has 0 rings (SSSR count). The molecule has 64 heavy (non-hydrogen) atoms. The summed E-state index contributed by atoms with van der Waals surface area (Å²) in [6, 6.07) is 0. The lowest BCUT2D eigenvalue weighted by Gasteiger charge is -2.28. The van der Waals surface area contributed by atoms with Gasteiger partial charge in [-0.3, -0.25) is 17.9 Å². The number of ether oxygens (including phenoxy) is 3. The third-order valence-corrected chi connectivity index (χ3v) is 3.48. The van der Waals surface area contributed by atoms with Gasteiger partial charge < -0.3 is 9.47 Å². The number of hydrogen-bond donors (Lipinski definition) is 0. The van der Waals surface area contributed by atoms with Gasteiger partial charge >= 0.3 is 55.1 Å². The van der Waals surface area contributed by atoms with Crippen LogP contribution in [0.1, 0.15) is 71.8 Å². The first-order chi connectivity index (χ1) is 24.9. The molecule has 0 aromatic carbocycles. The van der Waals surface area contributed by atoms with E-state index < -0.39 is 99.1 Å². The fourth-order valence-electron chi connectivity index (χ4n) is 1.41. The molecule has 0 heterocycles. The third-order valence-electron chi connectivity index (χ3n) is 3.48. The first-order valence-electron chi connectivity index (χ1n) is 12.5. The Hall–Kier alpha value is -2.40. The summed E-state index contributed by atoms with van der Waals surface area (Å²) in [5, 5.41) is 0. The van der Waals surface area contributed by atoms with Gasteiger partial charge in [-0.25, -0.2) is 26.3 Å². The number of halogens is 32. The highest BCUT2D eigenvalue weighted by Gasteiger charge is 2.76. The van der Waals surface area contributed by atoms with Crippen LogP contribution in [0.3, 0.4) is 0 Å². The summed E-state index contributed by atoms with van der Waals surface area (Å²) < 4.78 is 372.